The first-order valence-electron chi connectivity index (χ1n) is 2.16. The van der Waals surface area contributed by atoms with Gasteiger partial charge < -0.3 is 16.0 Å². The quantitative estimate of drug-likeness (QED) is 0.246. The van der Waals surface area contributed by atoms with Crippen LogP contribution in [0.5, 0.6) is 0 Å². The first-order valence-corrected chi connectivity index (χ1v) is 2.16. The number of hydrazine groups is 1. The van der Waals surface area contributed by atoms with Crippen LogP contribution >= 0.6 is 0 Å². The number of rotatable bonds is 3. The van der Waals surface area contributed by atoms with Crippen LogP contribution < -0.4 is 17.0 Å². The fourth-order valence-corrected chi connectivity index (χ4v) is 0.265. The largest absolute Gasteiger partial charge is 0.403 e. The van der Waals surface area contributed by atoms with E-state index in [1.54, 1.807) is 0 Å². The highest BCUT2D eigenvalue weighted by Gasteiger charge is 1.86. The number of aldehydes is 1. The minimum absolute atomic E-state index is 0.243. The standard InChI is InChI=1S/C4H9N3O/c5-3-4(7-6)1-2-8/h2-3,7H,1,5-6H2/b4-3-. The number of carbonyl (C=O) groups excluding carboxylic acids is 1. The fraction of sp³-hybridized carbons (Fsp3) is 0.250. The predicted octanol–water partition coefficient (Wildman–Crippen LogP) is -1.16. The summed E-state index contributed by atoms with van der Waals surface area (Å²) < 4.78 is 0. The molecule has 0 unspecified atom stereocenters. The van der Waals surface area contributed by atoms with Crippen LogP contribution in [0.1, 0.15) is 6.42 Å². The Hall–Kier alpha value is -1.03. The zero-order valence-corrected chi connectivity index (χ0v) is 4.42. The molecule has 5 N–H and O–H groups in total. The third-order valence-corrected chi connectivity index (χ3v) is 0.690. The molecule has 8 heavy (non-hydrogen) atoms. The Labute approximate surface area is 47.5 Å². The minimum atomic E-state index is 0.243. The molecule has 0 aliphatic rings. The zero-order chi connectivity index (χ0) is 6.41. The van der Waals surface area contributed by atoms with Crippen molar-refractivity contribution in [3.63, 3.8) is 0 Å². The number of nitrogens with one attached hydrogen (secondary N) is 1. The molecule has 0 spiro atoms. The molecule has 0 aliphatic heterocycles. The van der Waals surface area contributed by atoms with Crippen molar-refractivity contribution in [2.75, 3.05) is 0 Å². The molecule has 0 radical (unpaired) electrons. The van der Waals surface area contributed by atoms with E-state index in [0.717, 1.165) is 6.29 Å². The molecule has 0 aliphatic carbocycles. The van der Waals surface area contributed by atoms with Crippen LogP contribution in [0.4, 0.5) is 0 Å². The van der Waals surface area contributed by atoms with Crippen molar-refractivity contribution in [2.24, 2.45) is 11.6 Å². The first-order chi connectivity index (χ1) is 3.85. The lowest BCUT2D eigenvalue weighted by Crippen LogP contribution is -2.22. The summed E-state index contributed by atoms with van der Waals surface area (Å²) in [4.78, 5) is 9.74. The van der Waals surface area contributed by atoms with Gasteiger partial charge in [0, 0.05) is 18.3 Å². The predicted molar refractivity (Wildman–Crippen MR) is 30.3 cm³/mol. The highest BCUT2D eigenvalue weighted by molar-refractivity contribution is 5.53. The molecule has 4 nitrogen and oxygen atoms in total. The SMILES string of the molecule is N/C=C(/CC=O)NN. The van der Waals surface area contributed by atoms with Crippen LogP contribution in [-0.2, 0) is 4.79 Å². The second-order valence-corrected chi connectivity index (χ2v) is 1.21. The molecule has 0 heterocycles. The van der Waals surface area contributed by atoms with E-state index in [4.69, 9.17) is 11.6 Å². The van der Waals surface area contributed by atoms with E-state index in [2.05, 4.69) is 5.43 Å². The van der Waals surface area contributed by atoms with E-state index in [1.165, 1.54) is 6.20 Å². The van der Waals surface area contributed by atoms with Crippen molar-refractivity contribution >= 4 is 6.29 Å². The molecular weight excluding hydrogens is 106 g/mol. The van der Waals surface area contributed by atoms with E-state index in [-0.39, 0.29) is 6.42 Å². The van der Waals surface area contributed by atoms with E-state index in [1.807, 2.05) is 0 Å². The van der Waals surface area contributed by atoms with Gasteiger partial charge in [0.1, 0.15) is 6.29 Å². The number of hydrogen-bond donors (Lipinski definition) is 3. The molecule has 0 aromatic rings. The fourth-order valence-electron chi connectivity index (χ4n) is 0.265. The van der Waals surface area contributed by atoms with Crippen LogP contribution in [0.15, 0.2) is 11.9 Å². The summed E-state index contributed by atoms with van der Waals surface area (Å²) >= 11 is 0. The molecule has 0 amide bonds. The van der Waals surface area contributed by atoms with E-state index in [9.17, 15) is 4.79 Å². The summed E-state index contributed by atoms with van der Waals surface area (Å²) in [6, 6.07) is 0. The van der Waals surface area contributed by atoms with Gasteiger partial charge in [0.25, 0.3) is 0 Å². The highest BCUT2D eigenvalue weighted by atomic mass is 16.1. The van der Waals surface area contributed by atoms with Gasteiger partial charge in [-0.2, -0.15) is 0 Å². The third kappa shape index (κ3) is 2.20. The topological polar surface area (TPSA) is 81.1 Å². The third-order valence-electron chi connectivity index (χ3n) is 0.690. The molecule has 0 fully saturated rings. The van der Waals surface area contributed by atoms with Crippen LogP contribution in [0.3, 0.4) is 0 Å². The van der Waals surface area contributed by atoms with Crippen LogP contribution in [-0.4, -0.2) is 6.29 Å². The summed E-state index contributed by atoms with van der Waals surface area (Å²) in [7, 11) is 0. The summed E-state index contributed by atoms with van der Waals surface area (Å²) in [5, 5.41) is 0. The van der Waals surface area contributed by atoms with E-state index in [0.29, 0.717) is 5.70 Å². The van der Waals surface area contributed by atoms with Crippen LogP contribution in [0.25, 0.3) is 0 Å². The Morgan fingerprint density at radius 2 is 2.38 bits per heavy atom. The molecule has 46 valence electrons. The Morgan fingerprint density at radius 3 is 2.50 bits per heavy atom. The molecule has 0 aromatic carbocycles. The van der Waals surface area contributed by atoms with Gasteiger partial charge in [-0.05, 0) is 0 Å². The number of carbonyl (C=O) groups is 1. The van der Waals surface area contributed by atoms with Crippen molar-refractivity contribution in [1.82, 2.24) is 5.43 Å². The van der Waals surface area contributed by atoms with Crippen molar-refractivity contribution in [1.29, 1.82) is 0 Å². The Kier molecular flexibility index (Phi) is 3.60. The lowest BCUT2D eigenvalue weighted by Gasteiger charge is -1.96. The second kappa shape index (κ2) is 4.14. The van der Waals surface area contributed by atoms with Gasteiger partial charge >= 0.3 is 0 Å². The maximum atomic E-state index is 9.74. The van der Waals surface area contributed by atoms with E-state index >= 15 is 0 Å². The summed E-state index contributed by atoms with van der Waals surface area (Å²) in [5.41, 5.74) is 7.79. The Bertz CT molecular complexity index is 99.5. The minimum Gasteiger partial charge on any atom is -0.403 e. The summed E-state index contributed by atoms with van der Waals surface area (Å²) in [6.07, 6.45) is 2.22. The number of hydrogen-bond acceptors (Lipinski definition) is 4. The van der Waals surface area contributed by atoms with Gasteiger partial charge in [-0.1, -0.05) is 0 Å². The molecular formula is C4H9N3O. The van der Waals surface area contributed by atoms with Crippen molar-refractivity contribution in [2.45, 2.75) is 6.42 Å². The highest BCUT2D eigenvalue weighted by Crippen LogP contribution is 1.85. The Morgan fingerprint density at radius 1 is 1.75 bits per heavy atom. The van der Waals surface area contributed by atoms with Gasteiger partial charge in [-0.15, -0.1) is 0 Å². The van der Waals surface area contributed by atoms with Crippen molar-refractivity contribution in [3.05, 3.63) is 11.9 Å². The van der Waals surface area contributed by atoms with Crippen molar-refractivity contribution < 1.29 is 4.79 Å². The molecule has 0 atom stereocenters. The van der Waals surface area contributed by atoms with Crippen molar-refractivity contribution in [3.8, 4) is 0 Å². The first kappa shape index (κ1) is 6.97. The maximum absolute atomic E-state index is 9.74. The number of nitrogens with two attached hydrogens (primary N) is 2. The lowest BCUT2D eigenvalue weighted by molar-refractivity contribution is -0.107. The van der Waals surface area contributed by atoms with Gasteiger partial charge in [0.15, 0.2) is 0 Å². The second-order valence-electron chi connectivity index (χ2n) is 1.21. The lowest BCUT2D eigenvalue weighted by atomic mass is 10.4. The van der Waals surface area contributed by atoms with Crippen LogP contribution in [0.2, 0.25) is 0 Å². The molecule has 4 heteroatoms. The Balaban J connectivity index is 3.53. The molecule has 0 saturated heterocycles. The number of allylic oxidation sites excluding steroid dienone is 1. The van der Waals surface area contributed by atoms with Gasteiger partial charge in [-0.3, -0.25) is 5.84 Å². The summed E-state index contributed by atoms with van der Waals surface area (Å²) in [6.45, 7) is 0. The molecule has 0 bridgehead atoms. The zero-order valence-electron chi connectivity index (χ0n) is 4.42. The average Bonchev–Trinajstić information content (AvgIpc) is 1.83. The van der Waals surface area contributed by atoms with Gasteiger partial charge in [0.2, 0.25) is 0 Å². The average molecular weight is 115 g/mol. The molecule has 0 aromatic heterocycles. The summed E-state index contributed by atoms with van der Waals surface area (Å²) in [5.74, 6) is 4.91. The molecule has 0 saturated carbocycles. The normalized spacial score (nSPS) is 10.9. The van der Waals surface area contributed by atoms with Gasteiger partial charge in [-0.25, -0.2) is 0 Å². The van der Waals surface area contributed by atoms with Gasteiger partial charge in [0.05, 0.1) is 0 Å². The monoisotopic (exact) mass is 115 g/mol. The smallest absolute Gasteiger partial charge is 0.125 e. The van der Waals surface area contributed by atoms with Crippen LogP contribution in [0, 0.1) is 0 Å². The van der Waals surface area contributed by atoms with E-state index < -0.39 is 0 Å². The maximum Gasteiger partial charge on any atom is 0.125 e. The molecule has 0 rings (SSSR count).